The summed E-state index contributed by atoms with van der Waals surface area (Å²) >= 11 is 0. The van der Waals surface area contributed by atoms with E-state index in [-0.39, 0.29) is 35.6 Å². The second kappa shape index (κ2) is 9.83. The van der Waals surface area contributed by atoms with Crippen molar-refractivity contribution in [2.75, 3.05) is 6.54 Å². The van der Waals surface area contributed by atoms with Crippen LogP contribution in [0.3, 0.4) is 0 Å². The zero-order chi connectivity index (χ0) is 22.8. The van der Waals surface area contributed by atoms with E-state index in [0.29, 0.717) is 19.4 Å². The van der Waals surface area contributed by atoms with Crippen LogP contribution in [0.4, 0.5) is 0 Å². The topological polar surface area (TPSA) is 74.8 Å². The van der Waals surface area contributed by atoms with E-state index < -0.39 is 17.3 Å². The van der Waals surface area contributed by atoms with Crippen LogP contribution in [-0.4, -0.2) is 46.0 Å². The highest BCUT2D eigenvalue weighted by atomic mass is 16.2. The number of fused-ring (bicyclic) bond motifs is 2. The first-order valence-corrected chi connectivity index (χ1v) is 12.5. The summed E-state index contributed by atoms with van der Waals surface area (Å²) in [4.78, 5) is 57.4. The number of likely N-dealkylation sites (tertiary alicyclic amines) is 2. The zero-order valence-electron chi connectivity index (χ0n) is 19.8. The Labute approximate surface area is 187 Å². The van der Waals surface area contributed by atoms with Gasteiger partial charge in [0.05, 0.1) is 0 Å². The van der Waals surface area contributed by atoms with Crippen molar-refractivity contribution < 1.29 is 19.2 Å². The van der Waals surface area contributed by atoms with Crippen LogP contribution >= 0.6 is 0 Å². The Morgan fingerprint density at radius 2 is 1.29 bits per heavy atom. The molecule has 0 unspecified atom stereocenters. The minimum Gasteiger partial charge on any atom is -0.281 e. The summed E-state index contributed by atoms with van der Waals surface area (Å²) in [6, 6.07) is -0.356. The van der Waals surface area contributed by atoms with Crippen LogP contribution in [0, 0.1) is 23.2 Å². The summed E-state index contributed by atoms with van der Waals surface area (Å²) in [7, 11) is 0. The van der Waals surface area contributed by atoms with Gasteiger partial charge in [0.1, 0.15) is 11.8 Å². The van der Waals surface area contributed by atoms with Gasteiger partial charge in [-0.1, -0.05) is 58.8 Å². The molecule has 174 valence electrons. The van der Waals surface area contributed by atoms with Gasteiger partial charge in [-0.2, -0.15) is 0 Å². The number of carbonyl (C=O) groups is 4. The van der Waals surface area contributed by atoms with Gasteiger partial charge in [-0.05, 0) is 45.4 Å². The first kappa shape index (κ1) is 23.9. The number of imide groups is 2. The Hall–Kier alpha value is -1.72. The van der Waals surface area contributed by atoms with Gasteiger partial charge in [-0.15, -0.1) is 0 Å². The highest BCUT2D eigenvalue weighted by Gasteiger charge is 2.67. The molecule has 0 N–H and O–H groups in total. The molecule has 0 radical (unpaired) electrons. The molecule has 1 aliphatic carbocycles. The van der Waals surface area contributed by atoms with Crippen molar-refractivity contribution in [3.05, 3.63) is 0 Å². The van der Waals surface area contributed by atoms with Crippen LogP contribution in [0.1, 0.15) is 98.3 Å². The number of hydrogen-bond donors (Lipinski definition) is 0. The fraction of sp³-hybridized carbons (Fsp3) is 0.840. The number of amides is 4. The van der Waals surface area contributed by atoms with Gasteiger partial charge in [0.2, 0.25) is 23.6 Å². The van der Waals surface area contributed by atoms with Crippen molar-refractivity contribution in [1.29, 1.82) is 0 Å². The summed E-state index contributed by atoms with van der Waals surface area (Å²) in [5.41, 5.74) is -0.858. The summed E-state index contributed by atoms with van der Waals surface area (Å²) in [6.07, 6.45) is 10.0. The zero-order valence-corrected chi connectivity index (χ0v) is 19.8. The first-order chi connectivity index (χ1) is 14.8. The van der Waals surface area contributed by atoms with Crippen molar-refractivity contribution in [3.63, 3.8) is 0 Å². The number of hydrogen-bond acceptors (Lipinski definition) is 4. The van der Waals surface area contributed by atoms with Crippen molar-refractivity contribution in [1.82, 2.24) is 9.80 Å². The Balaban J connectivity index is 2.05. The Morgan fingerprint density at radius 1 is 0.806 bits per heavy atom. The second-order valence-corrected chi connectivity index (χ2v) is 10.2. The van der Waals surface area contributed by atoms with E-state index in [9.17, 15) is 19.2 Å². The molecule has 0 spiro atoms. The molecule has 2 atom stereocenters. The molecule has 3 rings (SSSR count). The van der Waals surface area contributed by atoms with Crippen LogP contribution in [0.2, 0.25) is 0 Å². The van der Waals surface area contributed by atoms with Crippen LogP contribution in [0.25, 0.3) is 0 Å². The summed E-state index contributed by atoms with van der Waals surface area (Å²) < 4.78 is 0. The fourth-order valence-electron chi connectivity index (χ4n) is 6.20. The first-order valence-electron chi connectivity index (χ1n) is 12.5. The number of nitrogens with zero attached hydrogens (tertiary/aromatic N) is 2. The van der Waals surface area contributed by atoms with Crippen LogP contribution in [0.5, 0.6) is 0 Å². The predicted octanol–water partition coefficient (Wildman–Crippen LogP) is 4.31. The van der Waals surface area contributed by atoms with E-state index in [0.717, 1.165) is 51.4 Å². The highest BCUT2D eigenvalue weighted by molar-refractivity contribution is 6.22. The standard InChI is InChI=1S/C25H40N2O4/c1-5-7-14-25(15-8-6-2)19-21(28)26(16-18-12-10-9-11-13-18)22(29)20(25)24(31)27(17(3)4)23(19)30/h17-20H,5-16H2,1-4H3/t19-,20+. The third-order valence-corrected chi connectivity index (χ3v) is 7.82. The molecule has 4 amide bonds. The van der Waals surface area contributed by atoms with E-state index in [1.165, 1.54) is 16.2 Å². The highest BCUT2D eigenvalue weighted by Crippen LogP contribution is 2.54. The molecule has 2 bridgehead atoms. The average Bonchev–Trinajstić information content (AvgIpc) is 2.73. The molecule has 2 saturated heterocycles. The van der Waals surface area contributed by atoms with E-state index >= 15 is 0 Å². The van der Waals surface area contributed by atoms with Crippen molar-refractivity contribution >= 4 is 23.6 Å². The van der Waals surface area contributed by atoms with Gasteiger partial charge in [-0.3, -0.25) is 29.0 Å². The van der Waals surface area contributed by atoms with Crippen LogP contribution in [0.15, 0.2) is 0 Å². The molecule has 0 aromatic heterocycles. The smallest absolute Gasteiger partial charge is 0.242 e. The van der Waals surface area contributed by atoms with E-state index in [1.54, 1.807) is 13.8 Å². The minimum atomic E-state index is -0.906. The lowest BCUT2D eigenvalue weighted by molar-refractivity contribution is -0.190. The van der Waals surface area contributed by atoms with Crippen molar-refractivity contribution in [2.45, 2.75) is 104 Å². The molecule has 2 aliphatic heterocycles. The second-order valence-electron chi connectivity index (χ2n) is 10.2. The van der Waals surface area contributed by atoms with E-state index in [1.807, 2.05) is 0 Å². The van der Waals surface area contributed by atoms with Gasteiger partial charge >= 0.3 is 0 Å². The maximum atomic E-state index is 13.8. The maximum absolute atomic E-state index is 13.8. The van der Waals surface area contributed by atoms with Gasteiger partial charge < -0.3 is 0 Å². The Morgan fingerprint density at radius 3 is 1.71 bits per heavy atom. The SMILES string of the molecule is CCCCC1(CCCC)[C@@H]2C(=O)N(CC3CCCCC3)C(=O)[C@H]1C(=O)N(C(C)C)C2=O. The Kier molecular flexibility index (Phi) is 7.59. The number of rotatable bonds is 9. The molecule has 2 heterocycles. The third-order valence-electron chi connectivity index (χ3n) is 7.82. The van der Waals surface area contributed by atoms with Crippen molar-refractivity contribution in [3.8, 4) is 0 Å². The molecule has 6 heteroatoms. The molecule has 6 nitrogen and oxygen atoms in total. The molecule has 0 aromatic rings. The minimum absolute atomic E-state index is 0.285. The van der Waals surface area contributed by atoms with E-state index in [2.05, 4.69) is 13.8 Å². The third kappa shape index (κ3) is 4.19. The molecule has 3 fully saturated rings. The number of carbonyl (C=O) groups excluding carboxylic acids is 4. The lowest BCUT2D eigenvalue weighted by Gasteiger charge is -2.55. The average molecular weight is 433 g/mol. The van der Waals surface area contributed by atoms with Gasteiger partial charge in [0, 0.05) is 18.0 Å². The lowest BCUT2D eigenvalue weighted by Crippen LogP contribution is -2.72. The summed E-state index contributed by atoms with van der Waals surface area (Å²) in [5.74, 6) is -2.98. The van der Waals surface area contributed by atoms with Gasteiger partial charge in [0.15, 0.2) is 0 Å². The van der Waals surface area contributed by atoms with Gasteiger partial charge in [0.25, 0.3) is 0 Å². The monoisotopic (exact) mass is 432 g/mol. The largest absolute Gasteiger partial charge is 0.281 e. The quantitative estimate of drug-likeness (QED) is 0.402. The molecule has 1 saturated carbocycles. The number of piperidine rings is 2. The summed E-state index contributed by atoms with van der Waals surface area (Å²) in [6.45, 7) is 8.06. The molecule has 0 aromatic carbocycles. The van der Waals surface area contributed by atoms with Crippen LogP contribution in [-0.2, 0) is 19.2 Å². The molecule has 31 heavy (non-hydrogen) atoms. The number of unbranched alkanes of at least 4 members (excludes halogenated alkanes) is 2. The van der Waals surface area contributed by atoms with E-state index in [4.69, 9.17) is 0 Å². The molecular formula is C25H40N2O4. The molecule has 3 aliphatic rings. The fourth-order valence-corrected chi connectivity index (χ4v) is 6.20. The maximum Gasteiger partial charge on any atom is 0.242 e. The van der Waals surface area contributed by atoms with Crippen LogP contribution < -0.4 is 0 Å². The van der Waals surface area contributed by atoms with Gasteiger partial charge in [-0.25, -0.2) is 0 Å². The van der Waals surface area contributed by atoms with Crippen molar-refractivity contribution in [2.24, 2.45) is 23.2 Å². The Bertz CT molecular complexity index is 664. The normalized spacial score (nSPS) is 26.9. The lowest BCUT2D eigenvalue weighted by atomic mass is 9.55. The summed E-state index contributed by atoms with van der Waals surface area (Å²) in [5, 5.41) is 0. The predicted molar refractivity (Wildman–Crippen MR) is 119 cm³/mol. The molecular weight excluding hydrogens is 392 g/mol.